The molecule has 0 aliphatic rings. The van der Waals surface area contributed by atoms with Crippen LogP contribution in [0.5, 0.6) is 0 Å². The van der Waals surface area contributed by atoms with E-state index in [1.54, 1.807) is 7.11 Å². The second-order valence-corrected chi connectivity index (χ2v) is 4.27. The summed E-state index contributed by atoms with van der Waals surface area (Å²) >= 11 is 0. The summed E-state index contributed by atoms with van der Waals surface area (Å²) in [6.45, 7) is 10.0. The highest BCUT2D eigenvalue weighted by Gasteiger charge is 2.03. The number of nitrogens with zero attached hydrogens (tertiary/aromatic N) is 2. The van der Waals surface area contributed by atoms with Crippen LogP contribution in [-0.2, 0) is 17.9 Å². The first-order chi connectivity index (χ1) is 8.80. The van der Waals surface area contributed by atoms with Crippen molar-refractivity contribution in [2.75, 3.05) is 33.3 Å². The van der Waals surface area contributed by atoms with Crippen LogP contribution in [0.4, 0.5) is 0 Å². The molecule has 104 valence electrons. The van der Waals surface area contributed by atoms with Gasteiger partial charge in [-0.2, -0.15) is 0 Å². The molecule has 0 amide bonds. The molecule has 0 saturated heterocycles. The molecule has 18 heavy (non-hydrogen) atoms. The third kappa shape index (κ3) is 5.62. The minimum absolute atomic E-state index is 0.481. The summed E-state index contributed by atoms with van der Waals surface area (Å²) in [4.78, 5) is 2.43. The van der Waals surface area contributed by atoms with Gasteiger partial charge in [0.1, 0.15) is 6.61 Å². The van der Waals surface area contributed by atoms with Crippen LogP contribution in [0.3, 0.4) is 0 Å². The fourth-order valence-electron chi connectivity index (χ4n) is 1.83. The third-order valence-electron chi connectivity index (χ3n) is 2.92. The van der Waals surface area contributed by atoms with E-state index in [9.17, 15) is 0 Å². The normalized spacial score (nSPS) is 11.3. The summed E-state index contributed by atoms with van der Waals surface area (Å²) in [6, 6.07) is 1.93. The van der Waals surface area contributed by atoms with Crippen molar-refractivity contribution in [1.82, 2.24) is 15.4 Å². The highest BCUT2D eigenvalue weighted by atomic mass is 16.5. The van der Waals surface area contributed by atoms with Gasteiger partial charge in [-0.25, -0.2) is 0 Å². The van der Waals surface area contributed by atoms with Gasteiger partial charge in [-0.05, 0) is 32.6 Å². The van der Waals surface area contributed by atoms with Gasteiger partial charge in [0.05, 0.1) is 5.69 Å². The molecule has 5 nitrogen and oxygen atoms in total. The summed E-state index contributed by atoms with van der Waals surface area (Å²) in [5, 5.41) is 7.34. The van der Waals surface area contributed by atoms with Gasteiger partial charge in [0.15, 0.2) is 5.76 Å². The average molecular weight is 255 g/mol. The van der Waals surface area contributed by atoms with Crippen molar-refractivity contribution in [3.63, 3.8) is 0 Å². The molecule has 0 bridgehead atoms. The molecule has 0 aliphatic carbocycles. The lowest BCUT2D eigenvalue weighted by molar-refractivity contribution is 0.155. The van der Waals surface area contributed by atoms with Crippen molar-refractivity contribution in [1.29, 1.82) is 0 Å². The molecule has 0 spiro atoms. The maximum Gasteiger partial charge on any atom is 0.162 e. The fraction of sp³-hybridized carbons (Fsp3) is 0.769. The number of rotatable bonds is 10. The topological polar surface area (TPSA) is 50.5 Å². The Morgan fingerprint density at radius 2 is 2.17 bits per heavy atom. The Morgan fingerprint density at radius 1 is 1.39 bits per heavy atom. The van der Waals surface area contributed by atoms with E-state index >= 15 is 0 Å². The SMILES string of the molecule is CCN(CC)CCCNCc1cc(COC)on1. The smallest absolute Gasteiger partial charge is 0.162 e. The molecule has 0 fully saturated rings. The molecular weight excluding hydrogens is 230 g/mol. The van der Waals surface area contributed by atoms with Crippen LogP contribution in [0.1, 0.15) is 31.7 Å². The summed E-state index contributed by atoms with van der Waals surface area (Å²) in [6.07, 6.45) is 1.16. The number of hydrogen-bond donors (Lipinski definition) is 1. The molecule has 0 unspecified atom stereocenters. The summed E-state index contributed by atoms with van der Waals surface area (Å²) in [5.74, 6) is 0.775. The Kier molecular flexibility index (Phi) is 7.64. The summed E-state index contributed by atoms with van der Waals surface area (Å²) < 4.78 is 10.1. The Bertz CT molecular complexity index is 311. The standard InChI is InChI=1S/C13H25N3O2/c1-4-16(5-2)8-6-7-14-10-12-9-13(11-17-3)18-15-12/h9,14H,4-8,10-11H2,1-3H3. The van der Waals surface area contributed by atoms with Gasteiger partial charge in [0.25, 0.3) is 0 Å². The van der Waals surface area contributed by atoms with Gasteiger partial charge < -0.3 is 19.5 Å². The van der Waals surface area contributed by atoms with E-state index in [2.05, 4.69) is 29.2 Å². The van der Waals surface area contributed by atoms with E-state index in [1.807, 2.05) is 6.07 Å². The molecule has 1 aromatic heterocycles. The number of hydrogen-bond acceptors (Lipinski definition) is 5. The minimum atomic E-state index is 0.481. The molecule has 1 heterocycles. The molecule has 0 saturated carbocycles. The fourth-order valence-corrected chi connectivity index (χ4v) is 1.83. The number of aromatic nitrogens is 1. The van der Waals surface area contributed by atoms with Crippen molar-refractivity contribution in [3.8, 4) is 0 Å². The van der Waals surface area contributed by atoms with Crippen LogP contribution >= 0.6 is 0 Å². The number of methoxy groups -OCH3 is 1. The molecule has 1 N–H and O–H groups in total. The predicted molar refractivity (Wildman–Crippen MR) is 71.3 cm³/mol. The molecule has 1 aromatic rings. The first kappa shape index (κ1) is 15.1. The minimum Gasteiger partial charge on any atom is -0.377 e. The largest absolute Gasteiger partial charge is 0.377 e. The first-order valence-electron chi connectivity index (χ1n) is 6.66. The van der Waals surface area contributed by atoms with Crippen molar-refractivity contribution < 1.29 is 9.26 Å². The third-order valence-corrected chi connectivity index (χ3v) is 2.92. The van der Waals surface area contributed by atoms with Crippen LogP contribution in [-0.4, -0.2) is 43.3 Å². The van der Waals surface area contributed by atoms with E-state index in [-0.39, 0.29) is 0 Å². The van der Waals surface area contributed by atoms with Gasteiger partial charge >= 0.3 is 0 Å². The number of ether oxygens (including phenoxy) is 1. The first-order valence-corrected chi connectivity index (χ1v) is 6.66. The average Bonchev–Trinajstić information content (AvgIpc) is 2.82. The summed E-state index contributed by atoms with van der Waals surface area (Å²) in [7, 11) is 1.65. The highest BCUT2D eigenvalue weighted by Crippen LogP contribution is 2.04. The van der Waals surface area contributed by atoms with Gasteiger partial charge in [0.2, 0.25) is 0 Å². The van der Waals surface area contributed by atoms with Crippen LogP contribution in [0.15, 0.2) is 10.6 Å². The van der Waals surface area contributed by atoms with Gasteiger partial charge in [-0.1, -0.05) is 19.0 Å². The Labute approximate surface area is 109 Å². The zero-order valence-corrected chi connectivity index (χ0v) is 11.7. The van der Waals surface area contributed by atoms with Crippen LogP contribution < -0.4 is 5.32 Å². The van der Waals surface area contributed by atoms with Crippen molar-refractivity contribution in [3.05, 3.63) is 17.5 Å². The summed E-state index contributed by atoms with van der Waals surface area (Å²) in [5.41, 5.74) is 0.935. The van der Waals surface area contributed by atoms with E-state index in [1.165, 1.54) is 0 Å². The molecule has 0 aliphatic heterocycles. The lowest BCUT2D eigenvalue weighted by Crippen LogP contribution is -2.27. The monoisotopic (exact) mass is 255 g/mol. The second kappa shape index (κ2) is 9.08. The van der Waals surface area contributed by atoms with Crippen molar-refractivity contribution in [2.24, 2.45) is 0 Å². The van der Waals surface area contributed by atoms with Crippen LogP contribution in [0.25, 0.3) is 0 Å². The molecule has 5 heteroatoms. The van der Waals surface area contributed by atoms with E-state index in [0.717, 1.165) is 50.6 Å². The highest BCUT2D eigenvalue weighted by molar-refractivity contribution is 5.04. The molecule has 0 atom stereocenters. The Balaban J connectivity index is 2.09. The molecule has 0 radical (unpaired) electrons. The van der Waals surface area contributed by atoms with Crippen LogP contribution in [0, 0.1) is 0 Å². The molecule has 1 rings (SSSR count). The Morgan fingerprint density at radius 3 is 2.83 bits per heavy atom. The van der Waals surface area contributed by atoms with Crippen molar-refractivity contribution >= 4 is 0 Å². The second-order valence-electron chi connectivity index (χ2n) is 4.27. The lowest BCUT2D eigenvalue weighted by atomic mass is 10.3. The van der Waals surface area contributed by atoms with Gasteiger partial charge in [-0.15, -0.1) is 0 Å². The maximum atomic E-state index is 5.11. The Hall–Kier alpha value is -0.910. The van der Waals surface area contributed by atoms with E-state index in [4.69, 9.17) is 9.26 Å². The van der Waals surface area contributed by atoms with Crippen LogP contribution in [0.2, 0.25) is 0 Å². The molecule has 0 aromatic carbocycles. The van der Waals surface area contributed by atoms with Gasteiger partial charge in [-0.3, -0.25) is 0 Å². The van der Waals surface area contributed by atoms with Gasteiger partial charge in [0, 0.05) is 19.7 Å². The number of nitrogens with one attached hydrogen (secondary N) is 1. The predicted octanol–water partition coefficient (Wildman–Crippen LogP) is 1.64. The quantitative estimate of drug-likeness (QED) is 0.644. The maximum absolute atomic E-state index is 5.11. The van der Waals surface area contributed by atoms with Crippen molar-refractivity contribution in [2.45, 2.75) is 33.4 Å². The molecular formula is C13H25N3O2. The lowest BCUT2D eigenvalue weighted by Gasteiger charge is -2.17. The zero-order valence-electron chi connectivity index (χ0n) is 11.7. The zero-order chi connectivity index (χ0) is 13.2. The van der Waals surface area contributed by atoms with E-state index in [0.29, 0.717) is 6.61 Å². The van der Waals surface area contributed by atoms with E-state index < -0.39 is 0 Å².